The first-order valence-electron chi connectivity index (χ1n) is 9.83. The van der Waals surface area contributed by atoms with E-state index in [1.807, 2.05) is 24.3 Å². The number of rotatable bonds is 8. The Morgan fingerprint density at radius 2 is 1.78 bits per heavy atom. The first-order valence-corrected chi connectivity index (χ1v) is 11.6. The lowest BCUT2D eigenvalue weighted by Crippen LogP contribution is -2.01. The van der Waals surface area contributed by atoms with Crippen LogP contribution < -0.4 is 4.74 Å². The van der Waals surface area contributed by atoms with Crippen LogP contribution in [-0.2, 0) is 0 Å². The lowest BCUT2D eigenvalue weighted by Gasteiger charge is -2.07. The van der Waals surface area contributed by atoms with Gasteiger partial charge in [-0.15, -0.1) is 11.8 Å². The van der Waals surface area contributed by atoms with Crippen molar-refractivity contribution in [3.63, 3.8) is 0 Å². The summed E-state index contributed by atoms with van der Waals surface area (Å²) in [5.74, 6) is 1.32. The van der Waals surface area contributed by atoms with Crippen molar-refractivity contribution in [2.24, 2.45) is 0 Å². The SMILES string of the molecule is O=C(/C=C/c1cccc(Cl)c1Cl)c1ccc(OCCSc2ncnc3ccccc23)cc1. The Hall–Kier alpha value is -2.86. The van der Waals surface area contributed by atoms with Crippen molar-refractivity contribution in [2.75, 3.05) is 12.4 Å². The van der Waals surface area contributed by atoms with Crippen LogP contribution in [0.15, 0.2) is 84.2 Å². The zero-order chi connectivity index (χ0) is 22.3. The molecule has 0 aliphatic heterocycles. The van der Waals surface area contributed by atoms with Gasteiger partial charge in [-0.05, 0) is 54.1 Å². The topological polar surface area (TPSA) is 52.1 Å². The molecule has 4 nitrogen and oxygen atoms in total. The lowest BCUT2D eigenvalue weighted by atomic mass is 10.1. The third kappa shape index (κ3) is 5.49. The van der Waals surface area contributed by atoms with Crippen molar-refractivity contribution in [1.29, 1.82) is 0 Å². The van der Waals surface area contributed by atoms with Gasteiger partial charge < -0.3 is 4.74 Å². The number of fused-ring (bicyclic) bond motifs is 1. The number of halogens is 2. The average molecular weight is 481 g/mol. The van der Waals surface area contributed by atoms with Gasteiger partial charge in [0.05, 0.1) is 22.2 Å². The van der Waals surface area contributed by atoms with E-state index in [9.17, 15) is 4.79 Å². The number of carbonyl (C=O) groups is 1. The lowest BCUT2D eigenvalue weighted by molar-refractivity contribution is 0.104. The molecular weight excluding hydrogens is 463 g/mol. The minimum absolute atomic E-state index is 0.126. The highest BCUT2D eigenvalue weighted by Gasteiger charge is 2.06. The molecule has 1 aromatic heterocycles. The maximum atomic E-state index is 12.4. The summed E-state index contributed by atoms with van der Waals surface area (Å²) in [5, 5.41) is 2.85. The highest BCUT2D eigenvalue weighted by atomic mass is 35.5. The number of carbonyl (C=O) groups excluding carboxylic acids is 1. The van der Waals surface area contributed by atoms with Gasteiger partial charge in [-0.2, -0.15) is 0 Å². The quantitative estimate of drug-likeness (QED) is 0.0892. The van der Waals surface area contributed by atoms with E-state index in [-0.39, 0.29) is 5.78 Å². The summed E-state index contributed by atoms with van der Waals surface area (Å²) in [6.45, 7) is 0.517. The van der Waals surface area contributed by atoms with Crippen LogP contribution in [0.25, 0.3) is 17.0 Å². The number of para-hydroxylation sites is 1. The maximum absolute atomic E-state index is 12.4. The van der Waals surface area contributed by atoms with Gasteiger partial charge in [0.15, 0.2) is 5.78 Å². The van der Waals surface area contributed by atoms with Crippen molar-refractivity contribution in [2.45, 2.75) is 5.03 Å². The standard InChI is InChI=1S/C25H18Cl2N2O2S/c26-21-6-3-4-18(24(21)27)10-13-23(30)17-8-11-19(12-9-17)31-14-15-32-25-20-5-1-2-7-22(20)28-16-29-25/h1-13,16H,14-15H2/b13-10+. The predicted octanol–water partition coefficient (Wildman–Crippen LogP) is 7.00. The van der Waals surface area contributed by atoms with Gasteiger partial charge in [0.1, 0.15) is 17.1 Å². The second kappa shape index (κ2) is 10.6. The normalized spacial score (nSPS) is 11.2. The van der Waals surface area contributed by atoms with Crippen LogP contribution in [0.3, 0.4) is 0 Å². The Kier molecular flexibility index (Phi) is 7.43. The molecule has 0 radical (unpaired) electrons. The minimum Gasteiger partial charge on any atom is -0.493 e. The van der Waals surface area contributed by atoms with Gasteiger partial charge in [0.2, 0.25) is 0 Å². The van der Waals surface area contributed by atoms with E-state index in [1.165, 1.54) is 6.08 Å². The summed E-state index contributed by atoms with van der Waals surface area (Å²) in [6, 6.07) is 20.3. The molecule has 0 fully saturated rings. The molecule has 160 valence electrons. The molecule has 3 aromatic carbocycles. The largest absolute Gasteiger partial charge is 0.493 e. The molecule has 0 spiro atoms. The first-order chi connectivity index (χ1) is 15.6. The Labute approximate surface area is 200 Å². The molecule has 0 aliphatic rings. The molecule has 32 heavy (non-hydrogen) atoms. The van der Waals surface area contributed by atoms with Crippen LogP contribution in [0, 0.1) is 0 Å². The van der Waals surface area contributed by atoms with Gasteiger partial charge in [0.25, 0.3) is 0 Å². The number of hydrogen-bond donors (Lipinski definition) is 0. The first kappa shape index (κ1) is 22.3. The Bertz CT molecular complexity index is 1270. The van der Waals surface area contributed by atoms with E-state index >= 15 is 0 Å². The van der Waals surface area contributed by atoms with Crippen LogP contribution >= 0.6 is 35.0 Å². The van der Waals surface area contributed by atoms with Gasteiger partial charge in [-0.1, -0.05) is 53.5 Å². The van der Waals surface area contributed by atoms with Crippen LogP contribution in [0.1, 0.15) is 15.9 Å². The number of benzene rings is 3. The molecule has 1 heterocycles. The van der Waals surface area contributed by atoms with Crippen molar-refractivity contribution in [1.82, 2.24) is 9.97 Å². The predicted molar refractivity (Wildman–Crippen MR) is 132 cm³/mol. The van der Waals surface area contributed by atoms with E-state index in [2.05, 4.69) is 9.97 Å². The molecule has 0 atom stereocenters. The highest BCUT2D eigenvalue weighted by Crippen LogP contribution is 2.27. The second-order valence-corrected chi connectivity index (χ2v) is 8.63. The molecular formula is C25H18Cl2N2O2S. The maximum Gasteiger partial charge on any atom is 0.185 e. The minimum atomic E-state index is -0.126. The second-order valence-electron chi connectivity index (χ2n) is 6.76. The smallest absolute Gasteiger partial charge is 0.185 e. The Morgan fingerprint density at radius 3 is 2.62 bits per heavy atom. The monoisotopic (exact) mass is 480 g/mol. The number of ketones is 1. The third-order valence-electron chi connectivity index (χ3n) is 4.63. The molecule has 0 bridgehead atoms. The van der Waals surface area contributed by atoms with Crippen LogP contribution in [-0.4, -0.2) is 28.1 Å². The summed E-state index contributed by atoms with van der Waals surface area (Å²) >= 11 is 13.8. The molecule has 0 unspecified atom stereocenters. The molecule has 0 aliphatic carbocycles. The van der Waals surface area contributed by atoms with E-state index < -0.39 is 0 Å². The molecule has 0 saturated carbocycles. The Balaban J connectivity index is 1.30. The molecule has 0 N–H and O–H groups in total. The number of thioether (sulfide) groups is 1. The number of nitrogens with zero attached hydrogens (tertiary/aromatic N) is 2. The summed E-state index contributed by atoms with van der Waals surface area (Å²) in [6.07, 6.45) is 4.72. The fraction of sp³-hybridized carbons (Fsp3) is 0.0800. The van der Waals surface area contributed by atoms with E-state index in [1.54, 1.807) is 66.6 Å². The van der Waals surface area contributed by atoms with Crippen LogP contribution in [0.4, 0.5) is 0 Å². The van der Waals surface area contributed by atoms with Gasteiger partial charge in [-0.3, -0.25) is 4.79 Å². The van der Waals surface area contributed by atoms with Crippen LogP contribution in [0.5, 0.6) is 5.75 Å². The van der Waals surface area contributed by atoms with Gasteiger partial charge in [0, 0.05) is 16.7 Å². The molecule has 4 aromatic rings. The van der Waals surface area contributed by atoms with Gasteiger partial charge >= 0.3 is 0 Å². The number of hydrogen-bond acceptors (Lipinski definition) is 5. The Morgan fingerprint density at radius 1 is 0.969 bits per heavy atom. The molecule has 0 saturated heterocycles. The van der Waals surface area contributed by atoms with Crippen molar-refractivity contribution < 1.29 is 9.53 Å². The molecule has 7 heteroatoms. The zero-order valence-electron chi connectivity index (χ0n) is 16.9. The third-order valence-corrected chi connectivity index (χ3v) is 6.43. The van der Waals surface area contributed by atoms with E-state index in [0.717, 1.165) is 21.7 Å². The summed E-state index contributed by atoms with van der Waals surface area (Å²) in [5.41, 5.74) is 2.19. The number of allylic oxidation sites excluding steroid dienone is 1. The molecule has 0 amide bonds. The fourth-order valence-corrected chi connectivity index (χ4v) is 4.20. The summed E-state index contributed by atoms with van der Waals surface area (Å²) < 4.78 is 5.81. The summed E-state index contributed by atoms with van der Waals surface area (Å²) in [7, 11) is 0. The van der Waals surface area contributed by atoms with Crippen molar-refractivity contribution in [3.8, 4) is 5.75 Å². The van der Waals surface area contributed by atoms with Crippen molar-refractivity contribution >= 4 is 57.7 Å². The zero-order valence-corrected chi connectivity index (χ0v) is 19.2. The van der Waals surface area contributed by atoms with E-state index in [4.69, 9.17) is 27.9 Å². The highest BCUT2D eigenvalue weighted by molar-refractivity contribution is 7.99. The molecule has 4 rings (SSSR count). The number of aromatic nitrogens is 2. The van der Waals surface area contributed by atoms with E-state index in [0.29, 0.717) is 33.5 Å². The van der Waals surface area contributed by atoms with Gasteiger partial charge in [-0.25, -0.2) is 9.97 Å². The fourth-order valence-electron chi connectivity index (χ4n) is 3.02. The average Bonchev–Trinajstić information content (AvgIpc) is 2.83. The van der Waals surface area contributed by atoms with Crippen LogP contribution in [0.2, 0.25) is 10.0 Å². The van der Waals surface area contributed by atoms with Crippen molar-refractivity contribution in [3.05, 3.63) is 100 Å². The number of ether oxygens (including phenoxy) is 1. The summed E-state index contributed by atoms with van der Waals surface area (Å²) in [4.78, 5) is 21.1.